The van der Waals surface area contributed by atoms with Crippen molar-refractivity contribution in [1.29, 1.82) is 0 Å². The van der Waals surface area contributed by atoms with E-state index < -0.39 is 5.97 Å². The van der Waals surface area contributed by atoms with Crippen LogP contribution in [0, 0.1) is 0 Å². The molecule has 1 heterocycles. The molecular weight excluding hydrogens is 208 g/mol. The largest absolute Gasteiger partial charge is 0.478 e. The maximum absolute atomic E-state index is 10.7. The molecule has 1 N–H and O–H groups in total. The maximum Gasteiger partial charge on any atom is 0.331 e. The van der Waals surface area contributed by atoms with E-state index in [1.807, 2.05) is 29.6 Å². The first-order chi connectivity index (χ1) is 7.18. The van der Waals surface area contributed by atoms with Crippen LogP contribution in [0.4, 0.5) is 0 Å². The Morgan fingerprint density at radius 2 is 2.13 bits per heavy atom. The van der Waals surface area contributed by atoms with E-state index >= 15 is 0 Å². The summed E-state index contributed by atoms with van der Waals surface area (Å²) in [7, 11) is 0. The standard InChI is InChI=1S/C12H10O2S/c1-8(12(13)14)6-9-7-15-11-5-3-2-4-10(9)11/h2-7H,1H3,(H,13,14). The van der Waals surface area contributed by atoms with Crippen molar-refractivity contribution in [1.82, 2.24) is 0 Å². The predicted molar refractivity (Wildman–Crippen MR) is 63.1 cm³/mol. The van der Waals surface area contributed by atoms with Crippen LogP contribution in [0.1, 0.15) is 12.5 Å². The van der Waals surface area contributed by atoms with Crippen LogP contribution in [-0.2, 0) is 4.79 Å². The summed E-state index contributed by atoms with van der Waals surface area (Å²) in [6, 6.07) is 7.99. The van der Waals surface area contributed by atoms with Crippen LogP contribution in [-0.4, -0.2) is 11.1 Å². The van der Waals surface area contributed by atoms with Crippen molar-refractivity contribution in [3.63, 3.8) is 0 Å². The molecule has 0 unspecified atom stereocenters. The molecule has 0 saturated carbocycles. The summed E-state index contributed by atoms with van der Waals surface area (Å²) in [6.07, 6.45) is 1.71. The van der Waals surface area contributed by atoms with Crippen molar-refractivity contribution in [2.24, 2.45) is 0 Å². The topological polar surface area (TPSA) is 37.3 Å². The van der Waals surface area contributed by atoms with Gasteiger partial charge < -0.3 is 5.11 Å². The van der Waals surface area contributed by atoms with Gasteiger partial charge in [-0.3, -0.25) is 0 Å². The predicted octanol–water partition coefficient (Wildman–Crippen LogP) is 3.39. The molecule has 2 aromatic rings. The van der Waals surface area contributed by atoms with Crippen LogP contribution in [0.15, 0.2) is 35.2 Å². The third kappa shape index (κ3) is 1.92. The van der Waals surface area contributed by atoms with Crippen molar-refractivity contribution in [3.05, 3.63) is 40.8 Å². The minimum Gasteiger partial charge on any atom is -0.478 e. The Kier molecular flexibility index (Phi) is 2.56. The van der Waals surface area contributed by atoms with Gasteiger partial charge in [-0.15, -0.1) is 11.3 Å². The summed E-state index contributed by atoms with van der Waals surface area (Å²) in [5.74, 6) is -0.870. The van der Waals surface area contributed by atoms with E-state index in [1.54, 1.807) is 24.3 Å². The highest BCUT2D eigenvalue weighted by atomic mass is 32.1. The van der Waals surface area contributed by atoms with Crippen LogP contribution < -0.4 is 0 Å². The quantitative estimate of drug-likeness (QED) is 0.784. The fourth-order valence-corrected chi connectivity index (χ4v) is 2.32. The van der Waals surface area contributed by atoms with Gasteiger partial charge in [-0.2, -0.15) is 0 Å². The van der Waals surface area contributed by atoms with Crippen LogP contribution in [0.5, 0.6) is 0 Å². The molecule has 0 saturated heterocycles. The highest BCUT2D eigenvalue weighted by Crippen LogP contribution is 2.27. The molecule has 0 spiro atoms. The van der Waals surface area contributed by atoms with Gasteiger partial charge in [-0.1, -0.05) is 18.2 Å². The van der Waals surface area contributed by atoms with E-state index in [0.29, 0.717) is 5.57 Å². The van der Waals surface area contributed by atoms with Gasteiger partial charge in [-0.25, -0.2) is 4.79 Å². The van der Waals surface area contributed by atoms with Crippen molar-refractivity contribution in [3.8, 4) is 0 Å². The lowest BCUT2D eigenvalue weighted by atomic mass is 10.1. The van der Waals surface area contributed by atoms with Gasteiger partial charge in [0, 0.05) is 10.3 Å². The van der Waals surface area contributed by atoms with E-state index in [1.165, 1.54) is 4.70 Å². The summed E-state index contributed by atoms with van der Waals surface area (Å²) < 4.78 is 1.18. The van der Waals surface area contributed by atoms with Crippen LogP contribution in [0.3, 0.4) is 0 Å². The van der Waals surface area contributed by atoms with Crippen LogP contribution in [0.2, 0.25) is 0 Å². The summed E-state index contributed by atoms with van der Waals surface area (Å²) in [4.78, 5) is 10.7. The summed E-state index contributed by atoms with van der Waals surface area (Å²) in [5, 5.41) is 11.9. The average molecular weight is 218 g/mol. The minimum absolute atomic E-state index is 0.360. The number of rotatable bonds is 2. The number of carboxylic acids is 1. The number of hydrogen-bond donors (Lipinski definition) is 1. The minimum atomic E-state index is -0.870. The van der Waals surface area contributed by atoms with Crippen molar-refractivity contribution < 1.29 is 9.90 Å². The summed E-state index contributed by atoms with van der Waals surface area (Å²) in [6.45, 7) is 1.61. The van der Waals surface area contributed by atoms with Crippen molar-refractivity contribution >= 4 is 33.5 Å². The lowest BCUT2D eigenvalue weighted by Gasteiger charge is -1.93. The van der Waals surface area contributed by atoms with Gasteiger partial charge in [0.2, 0.25) is 0 Å². The highest BCUT2D eigenvalue weighted by Gasteiger charge is 2.04. The zero-order chi connectivity index (χ0) is 10.8. The van der Waals surface area contributed by atoms with Crippen LogP contribution >= 0.6 is 11.3 Å². The number of benzene rings is 1. The zero-order valence-electron chi connectivity index (χ0n) is 8.23. The molecule has 0 amide bonds. The summed E-state index contributed by atoms with van der Waals surface area (Å²) >= 11 is 1.63. The number of fused-ring (bicyclic) bond motifs is 1. The first kappa shape index (κ1) is 9.93. The Hall–Kier alpha value is -1.61. The van der Waals surface area contributed by atoms with Gasteiger partial charge in [0.25, 0.3) is 0 Å². The smallest absolute Gasteiger partial charge is 0.331 e. The Labute approximate surface area is 91.5 Å². The summed E-state index contributed by atoms with van der Waals surface area (Å²) in [5.41, 5.74) is 1.34. The van der Waals surface area contributed by atoms with Gasteiger partial charge in [0.1, 0.15) is 0 Å². The third-order valence-corrected chi connectivity index (χ3v) is 3.20. The first-order valence-electron chi connectivity index (χ1n) is 4.56. The molecule has 0 radical (unpaired) electrons. The Morgan fingerprint density at radius 1 is 1.40 bits per heavy atom. The van der Waals surface area contributed by atoms with Crippen LogP contribution in [0.25, 0.3) is 16.2 Å². The van der Waals surface area contributed by atoms with Gasteiger partial charge in [-0.05, 0) is 35.4 Å². The second-order valence-electron chi connectivity index (χ2n) is 3.32. The Balaban J connectivity index is 2.54. The third-order valence-electron chi connectivity index (χ3n) is 2.22. The lowest BCUT2D eigenvalue weighted by molar-refractivity contribution is -0.132. The molecule has 3 heteroatoms. The number of carboxylic acid groups (broad SMARTS) is 1. The van der Waals surface area contributed by atoms with E-state index in [0.717, 1.165) is 10.9 Å². The molecule has 0 fully saturated rings. The molecule has 1 aromatic carbocycles. The van der Waals surface area contributed by atoms with E-state index in [2.05, 4.69) is 0 Å². The molecule has 1 aromatic heterocycles. The number of thiophene rings is 1. The molecule has 0 bridgehead atoms. The SMILES string of the molecule is CC(=Cc1csc2ccccc12)C(=O)O. The molecule has 0 aliphatic rings. The van der Waals surface area contributed by atoms with Gasteiger partial charge in [0.15, 0.2) is 0 Å². The van der Waals surface area contributed by atoms with Gasteiger partial charge in [0.05, 0.1) is 0 Å². The average Bonchev–Trinajstić information content (AvgIpc) is 2.62. The fraction of sp³-hybridized carbons (Fsp3) is 0.0833. The second kappa shape index (κ2) is 3.87. The number of carbonyl (C=O) groups is 1. The molecule has 0 aliphatic carbocycles. The molecular formula is C12H10O2S. The normalized spacial score (nSPS) is 11.9. The zero-order valence-corrected chi connectivity index (χ0v) is 9.04. The first-order valence-corrected chi connectivity index (χ1v) is 5.44. The van der Waals surface area contributed by atoms with Gasteiger partial charge >= 0.3 is 5.97 Å². The fourth-order valence-electron chi connectivity index (χ4n) is 1.41. The van der Waals surface area contributed by atoms with Crippen molar-refractivity contribution in [2.75, 3.05) is 0 Å². The maximum atomic E-state index is 10.7. The molecule has 0 aliphatic heterocycles. The molecule has 2 rings (SSSR count). The molecule has 0 atom stereocenters. The monoisotopic (exact) mass is 218 g/mol. The molecule has 76 valence electrons. The molecule has 15 heavy (non-hydrogen) atoms. The number of hydrogen-bond acceptors (Lipinski definition) is 2. The lowest BCUT2D eigenvalue weighted by Crippen LogP contribution is -1.94. The Morgan fingerprint density at radius 3 is 2.87 bits per heavy atom. The highest BCUT2D eigenvalue weighted by molar-refractivity contribution is 7.17. The van der Waals surface area contributed by atoms with E-state index in [9.17, 15) is 4.79 Å². The molecule has 2 nitrogen and oxygen atoms in total. The van der Waals surface area contributed by atoms with Crippen molar-refractivity contribution in [2.45, 2.75) is 6.92 Å². The van der Waals surface area contributed by atoms with E-state index in [4.69, 9.17) is 5.11 Å². The van der Waals surface area contributed by atoms with E-state index in [-0.39, 0.29) is 0 Å². The number of aliphatic carboxylic acids is 1. The second-order valence-corrected chi connectivity index (χ2v) is 4.23. The Bertz CT molecular complexity index is 537.